The predicted octanol–water partition coefficient (Wildman–Crippen LogP) is 0.981. The molecule has 2 aromatic rings. The molecule has 21 heavy (non-hydrogen) atoms. The average molecular weight is 286 g/mol. The predicted molar refractivity (Wildman–Crippen MR) is 78.1 cm³/mol. The molecule has 1 fully saturated rings. The number of tetrazole rings is 1. The first-order chi connectivity index (χ1) is 10.2. The number of hydrogen-bond donors (Lipinski definition) is 2. The van der Waals surface area contributed by atoms with Gasteiger partial charge in [0.25, 0.3) is 0 Å². The molecule has 3 rings (SSSR count). The molecule has 0 unspecified atom stereocenters. The molecule has 0 saturated heterocycles. The third kappa shape index (κ3) is 3.36. The molecule has 1 saturated carbocycles. The van der Waals surface area contributed by atoms with Crippen LogP contribution in [-0.2, 0) is 11.3 Å². The Kier molecular flexibility index (Phi) is 3.81. The van der Waals surface area contributed by atoms with E-state index in [1.54, 1.807) is 12.1 Å². The number of nitrogens with two attached hydrogens (primary N) is 1. The second-order valence-corrected chi connectivity index (χ2v) is 5.31. The Morgan fingerprint density at radius 3 is 2.71 bits per heavy atom. The second kappa shape index (κ2) is 5.90. The van der Waals surface area contributed by atoms with Gasteiger partial charge in [0.2, 0.25) is 11.7 Å². The summed E-state index contributed by atoms with van der Waals surface area (Å²) in [7, 11) is 0. The van der Waals surface area contributed by atoms with E-state index in [0.29, 0.717) is 17.6 Å². The Bertz CT molecular complexity index is 615. The van der Waals surface area contributed by atoms with Gasteiger partial charge in [-0.2, -0.15) is 4.80 Å². The molecule has 1 aliphatic carbocycles. The zero-order valence-corrected chi connectivity index (χ0v) is 11.7. The minimum atomic E-state index is -0.0665. The fourth-order valence-corrected chi connectivity index (χ4v) is 2.53. The Labute approximate surface area is 122 Å². The van der Waals surface area contributed by atoms with Crippen LogP contribution in [0.25, 0.3) is 11.4 Å². The lowest BCUT2D eigenvalue weighted by atomic mass is 10.2. The number of hydrogen-bond acceptors (Lipinski definition) is 5. The lowest BCUT2D eigenvalue weighted by Crippen LogP contribution is -2.35. The average Bonchev–Trinajstić information content (AvgIpc) is 3.11. The zero-order chi connectivity index (χ0) is 14.7. The lowest BCUT2D eigenvalue weighted by molar-refractivity contribution is -0.122. The first kappa shape index (κ1) is 13.5. The Balaban J connectivity index is 1.61. The largest absolute Gasteiger partial charge is 0.399 e. The highest BCUT2D eigenvalue weighted by molar-refractivity contribution is 5.75. The molecule has 1 aliphatic rings. The summed E-state index contributed by atoms with van der Waals surface area (Å²) < 4.78 is 0. The van der Waals surface area contributed by atoms with Crippen molar-refractivity contribution < 1.29 is 4.79 Å². The normalized spacial score (nSPS) is 15.2. The Hall–Kier alpha value is -2.44. The highest BCUT2D eigenvalue weighted by Crippen LogP contribution is 2.17. The van der Waals surface area contributed by atoms with Crippen molar-refractivity contribution in [2.24, 2.45) is 0 Å². The third-order valence-electron chi connectivity index (χ3n) is 3.63. The number of aromatic nitrogens is 4. The van der Waals surface area contributed by atoms with E-state index in [2.05, 4.69) is 20.7 Å². The maximum atomic E-state index is 11.9. The molecule has 0 aliphatic heterocycles. The summed E-state index contributed by atoms with van der Waals surface area (Å²) in [6.07, 6.45) is 4.50. The summed E-state index contributed by atoms with van der Waals surface area (Å²) in [4.78, 5) is 13.2. The lowest BCUT2D eigenvalue weighted by Gasteiger charge is -2.10. The molecule has 3 N–H and O–H groups in total. The number of nitrogens with one attached hydrogen (secondary N) is 1. The van der Waals surface area contributed by atoms with Gasteiger partial charge in [-0.15, -0.1) is 10.2 Å². The van der Waals surface area contributed by atoms with Crippen LogP contribution in [0.3, 0.4) is 0 Å². The minimum absolute atomic E-state index is 0.0665. The number of nitrogen functional groups attached to an aromatic ring is 1. The molecule has 1 heterocycles. The van der Waals surface area contributed by atoms with E-state index in [-0.39, 0.29) is 12.5 Å². The summed E-state index contributed by atoms with van der Waals surface area (Å²) in [6, 6.07) is 7.52. The molecule has 0 bridgehead atoms. The quantitative estimate of drug-likeness (QED) is 0.816. The Morgan fingerprint density at radius 1 is 1.29 bits per heavy atom. The fraction of sp³-hybridized carbons (Fsp3) is 0.429. The number of anilines is 1. The van der Waals surface area contributed by atoms with Gasteiger partial charge >= 0.3 is 0 Å². The van der Waals surface area contributed by atoms with Crippen molar-refractivity contribution in [3.63, 3.8) is 0 Å². The number of benzene rings is 1. The van der Waals surface area contributed by atoms with E-state index in [4.69, 9.17) is 5.73 Å². The standard InChI is InChI=1S/C14H18N6O/c15-11-7-5-10(6-8-11)14-17-19-20(18-14)9-13(21)16-12-3-1-2-4-12/h5-8,12H,1-4,9,15H2,(H,16,21). The molecular weight excluding hydrogens is 268 g/mol. The maximum absolute atomic E-state index is 11.9. The zero-order valence-electron chi connectivity index (χ0n) is 11.7. The highest BCUT2D eigenvalue weighted by atomic mass is 16.2. The van der Waals surface area contributed by atoms with E-state index in [9.17, 15) is 4.79 Å². The molecule has 7 nitrogen and oxygen atoms in total. The highest BCUT2D eigenvalue weighted by Gasteiger charge is 2.18. The van der Waals surface area contributed by atoms with Crippen LogP contribution >= 0.6 is 0 Å². The van der Waals surface area contributed by atoms with Crippen LogP contribution in [0.5, 0.6) is 0 Å². The monoisotopic (exact) mass is 286 g/mol. The van der Waals surface area contributed by atoms with Crippen LogP contribution in [0.1, 0.15) is 25.7 Å². The van der Waals surface area contributed by atoms with Crippen molar-refractivity contribution in [1.29, 1.82) is 0 Å². The van der Waals surface area contributed by atoms with Gasteiger partial charge in [0.05, 0.1) is 0 Å². The Morgan fingerprint density at radius 2 is 2.00 bits per heavy atom. The van der Waals surface area contributed by atoms with Crippen molar-refractivity contribution in [2.45, 2.75) is 38.3 Å². The molecular formula is C14H18N6O. The smallest absolute Gasteiger partial charge is 0.243 e. The molecule has 110 valence electrons. The van der Waals surface area contributed by atoms with Crippen molar-refractivity contribution in [3.05, 3.63) is 24.3 Å². The van der Waals surface area contributed by atoms with Crippen molar-refractivity contribution in [3.8, 4) is 11.4 Å². The number of amides is 1. The fourth-order valence-electron chi connectivity index (χ4n) is 2.53. The summed E-state index contributed by atoms with van der Waals surface area (Å²) in [5.41, 5.74) is 7.15. The first-order valence-corrected chi connectivity index (χ1v) is 7.14. The first-order valence-electron chi connectivity index (χ1n) is 7.14. The van der Waals surface area contributed by atoms with Crippen molar-refractivity contribution >= 4 is 11.6 Å². The molecule has 1 amide bonds. The van der Waals surface area contributed by atoms with Crippen molar-refractivity contribution in [1.82, 2.24) is 25.5 Å². The summed E-state index contributed by atoms with van der Waals surface area (Å²) in [6.45, 7) is 0.0957. The van der Waals surface area contributed by atoms with E-state index in [1.807, 2.05) is 12.1 Å². The molecule has 0 atom stereocenters. The van der Waals surface area contributed by atoms with Crippen LogP contribution in [0.4, 0.5) is 5.69 Å². The maximum Gasteiger partial charge on any atom is 0.243 e. The van der Waals surface area contributed by atoms with Crippen LogP contribution in [0.2, 0.25) is 0 Å². The number of carbonyl (C=O) groups excluding carboxylic acids is 1. The van der Waals surface area contributed by atoms with Crippen LogP contribution in [0, 0.1) is 0 Å². The van der Waals surface area contributed by atoms with Gasteiger partial charge in [-0.1, -0.05) is 12.8 Å². The minimum Gasteiger partial charge on any atom is -0.399 e. The summed E-state index contributed by atoms with van der Waals surface area (Å²) in [5, 5.41) is 15.1. The molecule has 1 aromatic heterocycles. The van der Waals surface area contributed by atoms with Gasteiger partial charge in [-0.25, -0.2) is 0 Å². The topological polar surface area (TPSA) is 98.7 Å². The molecule has 1 aromatic carbocycles. The van der Waals surface area contributed by atoms with Gasteiger partial charge in [0, 0.05) is 17.3 Å². The third-order valence-corrected chi connectivity index (χ3v) is 3.63. The van der Waals surface area contributed by atoms with Crippen molar-refractivity contribution in [2.75, 3.05) is 5.73 Å². The van der Waals surface area contributed by atoms with Gasteiger partial charge in [0.15, 0.2) is 0 Å². The van der Waals surface area contributed by atoms with E-state index in [1.165, 1.54) is 17.6 Å². The number of nitrogens with zero attached hydrogens (tertiary/aromatic N) is 4. The van der Waals surface area contributed by atoms with Crippen LogP contribution < -0.4 is 11.1 Å². The number of rotatable bonds is 4. The van der Waals surface area contributed by atoms with E-state index in [0.717, 1.165) is 18.4 Å². The molecule has 0 radical (unpaired) electrons. The van der Waals surface area contributed by atoms with E-state index >= 15 is 0 Å². The molecule has 0 spiro atoms. The van der Waals surface area contributed by atoms with Gasteiger partial charge < -0.3 is 11.1 Å². The van der Waals surface area contributed by atoms with Crippen LogP contribution in [0.15, 0.2) is 24.3 Å². The van der Waals surface area contributed by atoms with Gasteiger partial charge in [-0.05, 0) is 42.3 Å². The SMILES string of the molecule is Nc1ccc(-c2nnn(CC(=O)NC3CCCC3)n2)cc1. The second-order valence-electron chi connectivity index (χ2n) is 5.31. The summed E-state index contributed by atoms with van der Waals surface area (Å²) >= 11 is 0. The summed E-state index contributed by atoms with van der Waals surface area (Å²) in [5.74, 6) is 0.423. The van der Waals surface area contributed by atoms with Gasteiger partial charge in [-0.3, -0.25) is 4.79 Å². The van der Waals surface area contributed by atoms with Crippen LogP contribution in [-0.4, -0.2) is 32.2 Å². The molecule has 7 heteroatoms. The van der Waals surface area contributed by atoms with E-state index < -0.39 is 0 Å². The van der Waals surface area contributed by atoms with Gasteiger partial charge in [0.1, 0.15) is 6.54 Å². The number of carbonyl (C=O) groups is 1.